The minimum Gasteiger partial charge on any atom is -0.337 e. The Morgan fingerprint density at radius 1 is 1.04 bits per heavy atom. The lowest BCUT2D eigenvalue weighted by atomic mass is 9.98. The number of aromatic nitrogens is 3. The van der Waals surface area contributed by atoms with E-state index in [0.717, 1.165) is 9.13 Å². The van der Waals surface area contributed by atoms with Crippen molar-refractivity contribution in [2.75, 3.05) is 0 Å². The van der Waals surface area contributed by atoms with E-state index in [4.69, 9.17) is 0 Å². The predicted molar refractivity (Wildman–Crippen MR) is 105 cm³/mol. The molecular weight excluding hydrogens is 429 g/mol. The third kappa shape index (κ3) is 2.78. The molecule has 6 heteroatoms. The number of nitrogens with zero attached hydrogens (tertiary/aromatic N) is 1. The fourth-order valence-corrected chi connectivity index (χ4v) is 3.42. The normalized spacial score (nSPS) is 10.9. The van der Waals surface area contributed by atoms with Crippen LogP contribution >= 0.6 is 22.6 Å². The van der Waals surface area contributed by atoms with Crippen LogP contribution in [0.2, 0.25) is 0 Å². The van der Waals surface area contributed by atoms with Gasteiger partial charge in [0, 0.05) is 14.7 Å². The maximum atomic E-state index is 13.0. The highest BCUT2D eigenvalue weighted by atomic mass is 127. The van der Waals surface area contributed by atoms with Crippen LogP contribution in [0.3, 0.4) is 0 Å². The number of ketones is 1. The second kappa shape index (κ2) is 6.29. The highest BCUT2D eigenvalue weighted by Gasteiger charge is 2.22. The standard InChI is InChI=1S/C19H12IN3O2/c20-13-8-4-7-12(9-13)14-15-18(21-10-22-19(15)25)23-16(14)17(24)11-5-2-1-3-6-11/h1-10H,(H2,21,22,23,25). The number of halogens is 1. The second-order valence-corrected chi connectivity index (χ2v) is 6.78. The zero-order valence-electron chi connectivity index (χ0n) is 12.9. The van der Waals surface area contributed by atoms with Crippen molar-refractivity contribution in [1.29, 1.82) is 0 Å². The molecule has 2 N–H and O–H groups in total. The number of nitrogens with one attached hydrogen (secondary N) is 2. The van der Waals surface area contributed by atoms with E-state index in [2.05, 4.69) is 37.5 Å². The lowest BCUT2D eigenvalue weighted by Crippen LogP contribution is -2.07. The molecule has 0 saturated carbocycles. The van der Waals surface area contributed by atoms with E-state index in [1.807, 2.05) is 42.5 Å². The summed E-state index contributed by atoms with van der Waals surface area (Å²) in [6.07, 6.45) is 1.33. The van der Waals surface area contributed by atoms with E-state index in [-0.39, 0.29) is 11.3 Å². The Labute approximate surface area is 156 Å². The first-order valence-corrected chi connectivity index (χ1v) is 8.68. The number of rotatable bonds is 3. The molecule has 2 aromatic heterocycles. The zero-order chi connectivity index (χ0) is 17.4. The summed E-state index contributed by atoms with van der Waals surface area (Å²) in [4.78, 5) is 35.2. The number of H-pyrrole nitrogens is 2. The van der Waals surface area contributed by atoms with E-state index in [1.54, 1.807) is 12.1 Å². The molecular formula is C19H12IN3O2. The topological polar surface area (TPSA) is 78.6 Å². The van der Waals surface area contributed by atoms with Crippen LogP contribution in [0.4, 0.5) is 0 Å². The molecule has 0 atom stereocenters. The SMILES string of the molecule is O=C(c1ccccc1)c1[nH]c2[nH]cnc(=O)c2c1-c1cccc(I)c1. The molecule has 0 unspecified atom stereocenters. The first-order chi connectivity index (χ1) is 12.1. The Hall–Kier alpha value is -2.74. The van der Waals surface area contributed by atoms with Crippen molar-refractivity contribution >= 4 is 39.4 Å². The maximum absolute atomic E-state index is 13.0. The molecule has 0 fully saturated rings. The number of fused-ring (bicyclic) bond motifs is 1. The summed E-state index contributed by atoms with van der Waals surface area (Å²) in [5.74, 6) is -0.168. The number of aromatic amines is 2. The summed E-state index contributed by atoms with van der Waals surface area (Å²) in [5.41, 5.74) is 2.44. The molecule has 0 aliphatic rings. The van der Waals surface area contributed by atoms with Crippen LogP contribution in [0.5, 0.6) is 0 Å². The smallest absolute Gasteiger partial charge is 0.282 e. The van der Waals surface area contributed by atoms with Crippen molar-refractivity contribution < 1.29 is 4.79 Å². The van der Waals surface area contributed by atoms with Crippen LogP contribution in [0, 0.1) is 3.57 Å². The van der Waals surface area contributed by atoms with Crippen LogP contribution < -0.4 is 5.56 Å². The number of carbonyl (C=O) groups excluding carboxylic acids is 1. The highest BCUT2D eigenvalue weighted by Crippen LogP contribution is 2.31. The zero-order valence-corrected chi connectivity index (χ0v) is 15.1. The number of hydrogen-bond donors (Lipinski definition) is 2. The lowest BCUT2D eigenvalue weighted by Gasteiger charge is -2.05. The van der Waals surface area contributed by atoms with Gasteiger partial charge in [-0.2, -0.15) is 4.98 Å². The molecule has 25 heavy (non-hydrogen) atoms. The van der Waals surface area contributed by atoms with Crippen molar-refractivity contribution in [2.45, 2.75) is 0 Å². The number of benzene rings is 2. The van der Waals surface area contributed by atoms with E-state index in [9.17, 15) is 9.59 Å². The molecule has 0 spiro atoms. The van der Waals surface area contributed by atoms with E-state index < -0.39 is 0 Å². The minimum absolute atomic E-state index is 0.168. The van der Waals surface area contributed by atoms with Crippen molar-refractivity contribution in [3.8, 4) is 11.1 Å². The monoisotopic (exact) mass is 441 g/mol. The molecule has 0 saturated heterocycles. The molecule has 0 amide bonds. The van der Waals surface area contributed by atoms with Gasteiger partial charge in [0.15, 0.2) is 0 Å². The molecule has 2 heterocycles. The fourth-order valence-electron chi connectivity index (χ4n) is 2.88. The van der Waals surface area contributed by atoms with Crippen LogP contribution in [0.1, 0.15) is 16.1 Å². The molecule has 0 aliphatic carbocycles. The van der Waals surface area contributed by atoms with Gasteiger partial charge in [0.25, 0.3) is 5.56 Å². The quantitative estimate of drug-likeness (QED) is 0.376. The van der Waals surface area contributed by atoms with Gasteiger partial charge < -0.3 is 9.97 Å². The Morgan fingerprint density at radius 2 is 1.84 bits per heavy atom. The Kier molecular flexibility index (Phi) is 3.96. The van der Waals surface area contributed by atoms with Crippen molar-refractivity contribution in [1.82, 2.24) is 15.0 Å². The molecule has 4 aromatic rings. The van der Waals surface area contributed by atoms with Gasteiger partial charge in [0.05, 0.1) is 17.4 Å². The van der Waals surface area contributed by atoms with Gasteiger partial charge in [0.1, 0.15) is 5.65 Å². The van der Waals surface area contributed by atoms with Gasteiger partial charge in [0.2, 0.25) is 5.78 Å². The summed E-state index contributed by atoms with van der Waals surface area (Å²) in [7, 11) is 0. The van der Waals surface area contributed by atoms with Crippen molar-refractivity contribution in [3.63, 3.8) is 0 Å². The average Bonchev–Trinajstić information content (AvgIpc) is 3.03. The summed E-state index contributed by atoms with van der Waals surface area (Å²) in [6, 6.07) is 16.7. The Morgan fingerprint density at radius 3 is 2.60 bits per heavy atom. The molecule has 0 radical (unpaired) electrons. The van der Waals surface area contributed by atoms with Gasteiger partial charge in [-0.1, -0.05) is 42.5 Å². The summed E-state index contributed by atoms with van der Waals surface area (Å²) in [5, 5.41) is 0.392. The summed E-state index contributed by atoms with van der Waals surface area (Å²) in [6.45, 7) is 0. The molecule has 0 bridgehead atoms. The van der Waals surface area contributed by atoms with Gasteiger partial charge in [-0.05, 0) is 40.3 Å². The molecule has 122 valence electrons. The van der Waals surface area contributed by atoms with E-state index in [1.165, 1.54) is 6.33 Å². The van der Waals surface area contributed by atoms with Gasteiger partial charge in [-0.3, -0.25) is 9.59 Å². The predicted octanol–water partition coefficient (Wildman–Crippen LogP) is 3.75. The number of hydrogen-bond acceptors (Lipinski definition) is 3. The van der Waals surface area contributed by atoms with Crippen molar-refractivity contribution in [3.05, 3.63) is 86.1 Å². The largest absolute Gasteiger partial charge is 0.337 e. The maximum Gasteiger partial charge on any atom is 0.282 e. The third-order valence-corrected chi connectivity index (χ3v) is 4.65. The van der Waals surface area contributed by atoms with Crippen LogP contribution in [0.25, 0.3) is 22.2 Å². The van der Waals surface area contributed by atoms with Gasteiger partial charge in [-0.25, -0.2) is 0 Å². The Bertz CT molecular complexity index is 1150. The van der Waals surface area contributed by atoms with Crippen LogP contribution in [0.15, 0.2) is 65.7 Å². The van der Waals surface area contributed by atoms with E-state index in [0.29, 0.717) is 27.9 Å². The first-order valence-electron chi connectivity index (χ1n) is 7.60. The Balaban J connectivity index is 2.05. The lowest BCUT2D eigenvalue weighted by molar-refractivity contribution is 0.103. The molecule has 5 nitrogen and oxygen atoms in total. The van der Waals surface area contributed by atoms with E-state index >= 15 is 0 Å². The molecule has 2 aromatic carbocycles. The minimum atomic E-state index is -0.369. The van der Waals surface area contributed by atoms with Crippen LogP contribution in [-0.2, 0) is 0 Å². The molecule has 4 rings (SSSR count). The van der Waals surface area contributed by atoms with Gasteiger partial charge >= 0.3 is 0 Å². The van der Waals surface area contributed by atoms with Crippen molar-refractivity contribution in [2.24, 2.45) is 0 Å². The first kappa shape index (κ1) is 15.8. The van der Waals surface area contributed by atoms with Crippen LogP contribution in [-0.4, -0.2) is 20.7 Å². The average molecular weight is 441 g/mol. The highest BCUT2D eigenvalue weighted by molar-refractivity contribution is 14.1. The summed E-state index contributed by atoms with van der Waals surface area (Å²) >= 11 is 2.21. The number of carbonyl (C=O) groups is 1. The summed E-state index contributed by atoms with van der Waals surface area (Å²) < 4.78 is 1.02. The van der Waals surface area contributed by atoms with Gasteiger partial charge in [-0.15, -0.1) is 0 Å². The second-order valence-electron chi connectivity index (χ2n) is 5.54. The molecule has 0 aliphatic heterocycles. The third-order valence-electron chi connectivity index (χ3n) is 3.98. The fraction of sp³-hybridized carbons (Fsp3) is 0.